The third-order valence-corrected chi connectivity index (χ3v) is 2.45. The number of hydrogen-bond acceptors (Lipinski definition) is 3. The summed E-state index contributed by atoms with van der Waals surface area (Å²) >= 11 is 0. The lowest BCUT2D eigenvalue weighted by Gasteiger charge is -2.07. The van der Waals surface area contributed by atoms with Gasteiger partial charge in [-0.25, -0.2) is 0 Å². The zero-order valence-corrected chi connectivity index (χ0v) is 11.2. The molecule has 102 valence electrons. The third kappa shape index (κ3) is 5.56. The molecule has 4 heteroatoms. The molecule has 0 bridgehead atoms. The Kier molecular flexibility index (Phi) is 7.33. The van der Waals surface area contributed by atoms with Crippen LogP contribution >= 0.6 is 0 Å². The van der Waals surface area contributed by atoms with Crippen molar-refractivity contribution in [2.45, 2.75) is 13.3 Å². The predicted molar refractivity (Wildman–Crippen MR) is 75.8 cm³/mol. The van der Waals surface area contributed by atoms with E-state index in [1.165, 1.54) is 0 Å². The van der Waals surface area contributed by atoms with Crippen molar-refractivity contribution in [2.24, 2.45) is 5.73 Å². The van der Waals surface area contributed by atoms with Crippen LogP contribution in [0.15, 0.2) is 24.3 Å². The highest BCUT2D eigenvalue weighted by atomic mass is 16.5. The van der Waals surface area contributed by atoms with E-state index in [-0.39, 0.29) is 12.5 Å². The lowest BCUT2D eigenvalue weighted by atomic mass is 10.1. The number of ether oxygens (including phenoxy) is 1. The van der Waals surface area contributed by atoms with Crippen molar-refractivity contribution in [3.8, 4) is 11.8 Å². The van der Waals surface area contributed by atoms with Crippen LogP contribution in [0, 0.1) is 11.8 Å². The van der Waals surface area contributed by atoms with Gasteiger partial charge in [-0.1, -0.05) is 24.0 Å². The Morgan fingerprint density at radius 1 is 1.42 bits per heavy atom. The number of carbonyl (C=O) groups excluding carboxylic acids is 1. The summed E-state index contributed by atoms with van der Waals surface area (Å²) in [7, 11) is 0. The number of hydrogen-bond donors (Lipinski definition) is 2. The standard InChI is InChI=1S/C15H20N2O2/c1-2-19-12-6-11-17-15(18)14-9-4-3-7-13(14)8-5-10-16/h3-4,7,9H,2,6,10-12,16H2,1H3,(H,17,18). The third-order valence-electron chi connectivity index (χ3n) is 2.45. The average Bonchev–Trinajstić information content (AvgIpc) is 2.45. The molecule has 0 saturated heterocycles. The second-order valence-electron chi connectivity index (χ2n) is 3.86. The summed E-state index contributed by atoms with van der Waals surface area (Å²) in [4.78, 5) is 12.0. The van der Waals surface area contributed by atoms with E-state index in [0.29, 0.717) is 30.9 Å². The Bertz CT molecular complexity index is 461. The zero-order valence-electron chi connectivity index (χ0n) is 11.2. The summed E-state index contributed by atoms with van der Waals surface area (Å²) in [5.41, 5.74) is 6.63. The summed E-state index contributed by atoms with van der Waals surface area (Å²) < 4.78 is 5.21. The summed E-state index contributed by atoms with van der Waals surface area (Å²) in [5, 5.41) is 2.86. The van der Waals surface area contributed by atoms with Gasteiger partial charge in [-0.3, -0.25) is 4.79 Å². The lowest BCUT2D eigenvalue weighted by Crippen LogP contribution is -2.26. The molecule has 1 aromatic carbocycles. The van der Waals surface area contributed by atoms with Crippen LogP contribution in [0.5, 0.6) is 0 Å². The average molecular weight is 260 g/mol. The Morgan fingerprint density at radius 2 is 2.21 bits per heavy atom. The Balaban J connectivity index is 2.56. The van der Waals surface area contributed by atoms with Crippen LogP contribution in [-0.4, -0.2) is 32.2 Å². The molecule has 1 amide bonds. The molecule has 0 fully saturated rings. The van der Waals surface area contributed by atoms with Gasteiger partial charge >= 0.3 is 0 Å². The molecule has 0 saturated carbocycles. The molecule has 0 unspecified atom stereocenters. The second-order valence-corrected chi connectivity index (χ2v) is 3.86. The van der Waals surface area contributed by atoms with E-state index in [0.717, 1.165) is 6.42 Å². The van der Waals surface area contributed by atoms with E-state index in [2.05, 4.69) is 17.2 Å². The van der Waals surface area contributed by atoms with E-state index < -0.39 is 0 Å². The van der Waals surface area contributed by atoms with Crippen LogP contribution in [-0.2, 0) is 4.74 Å². The van der Waals surface area contributed by atoms with Gasteiger partial charge in [0.2, 0.25) is 0 Å². The number of rotatable bonds is 6. The molecular formula is C15H20N2O2. The molecule has 3 N–H and O–H groups in total. The first-order valence-electron chi connectivity index (χ1n) is 6.43. The molecule has 0 spiro atoms. The summed E-state index contributed by atoms with van der Waals surface area (Å²) in [6.07, 6.45) is 0.802. The monoisotopic (exact) mass is 260 g/mol. The maximum atomic E-state index is 12.0. The maximum Gasteiger partial charge on any atom is 0.252 e. The van der Waals surface area contributed by atoms with Gasteiger partial charge in [0.15, 0.2) is 0 Å². The molecule has 0 aliphatic carbocycles. The Labute approximate surface area is 114 Å². The normalized spacial score (nSPS) is 9.58. The molecule has 4 nitrogen and oxygen atoms in total. The van der Waals surface area contributed by atoms with Crippen molar-refractivity contribution in [1.29, 1.82) is 0 Å². The fourth-order valence-electron chi connectivity index (χ4n) is 1.55. The van der Waals surface area contributed by atoms with Gasteiger partial charge in [0.05, 0.1) is 12.1 Å². The van der Waals surface area contributed by atoms with Crippen molar-refractivity contribution in [3.63, 3.8) is 0 Å². The van der Waals surface area contributed by atoms with Crippen LogP contribution in [0.1, 0.15) is 29.3 Å². The smallest absolute Gasteiger partial charge is 0.252 e. The van der Waals surface area contributed by atoms with Gasteiger partial charge in [0.1, 0.15) is 0 Å². The first kappa shape index (κ1) is 15.2. The Morgan fingerprint density at radius 3 is 2.95 bits per heavy atom. The number of carbonyl (C=O) groups is 1. The highest BCUT2D eigenvalue weighted by molar-refractivity contribution is 5.96. The van der Waals surface area contributed by atoms with Crippen molar-refractivity contribution in [1.82, 2.24) is 5.32 Å². The van der Waals surface area contributed by atoms with Gasteiger partial charge in [0.25, 0.3) is 5.91 Å². The van der Waals surface area contributed by atoms with Crippen LogP contribution in [0.25, 0.3) is 0 Å². The number of nitrogens with one attached hydrogen (secondary N) is 1. The molecule has 0 aliphatic rings. The predicted octanol–water partition coefficient (Wildman–Crippen LogP) is 1.15. The first-order chi connectivity index (χ1) is 9.29. The summed E-state index contributed by atoms with van der Waals surface area (Å²) in [6.45, 7) is 4.18. The molecule has 1 rings (SSSR count). The van der Waals surface area contributed by atoms with Gasteiger partial charge < -0.3 is 15.8 Å². The van der Waals surface area contributed by atoms with Gasteiger partial charge in [-0.15, -0.1) is 0 Å². The minimum Gasteiger partial charge on any atom is -0.382 e. The van der Waals surface area contributed by atoms with Gasteiger partial charge in [-0.2, -0.15) is 0 Å². The molecular weight excluding hydrogens is 240 g/mol. The highest BCUT2D eigenvalue weighted by Crippen LogP contribution is 2.07. The SMILES string of the molecule is CCOCCCNC(=O)c1ccccc1C#CCN. The minimum atomic E-state index is -0.113. The number of nitrogens with two attached hydrogens (primary N) is 1. The van der Waals surface area contributed by atoms with E-state index in [1.807, 2.05) is 25.1 Å². The summed E-state index contributed by atoms with van der Waals surface area (Å²) in [5.74, 6) is 5.55. The molecule has 0 radical (unpaired) electrons. The van der Waals surface area contributed by atoms with Crippen molar-refractivity contribution in [2.75, 3.05) is 26.3 Å². The number of benzene rings is 1. The highest BCUT2D eigenvalue weighted by Gasteiger charge is 2.08. The van der Waals surface area contributed by atoms with Crippen LogP contribution in [0.2, 0.25) is 0 Å². The van der Waals surface area contributed by atoms with Gasteiger partial charge in [0, 0.05) is 25.3 Å². The van der Waals surface area contributed by atoms with E-state index in [4.69, 9.17) is 10.5 Å². The molecule has 19 heavy (non-hydrogen) atoms. The van der Waals surface area contributed by atoms with Gasteiger partial charge in [-0.05, 0) is 25.5 Å². The fourth-order valence-corrected chi connectivity index (χ4v) is 1.55. The van der Waals surface area contributed by atoms with E-state index in [1.54, 1.807) is 6.07 Å². The second kappa shape index (κ2) is 9.15. The van der Waals surface area contributed by atoms with Crippen LogP contribution < -0.4 is 11.1 Å². The maximum absolute atomic E-state index is 12.0. The zero-order chi connectivity index (χ0) is 13.9. The van der Waals surface area contributed by atoms with E-state index >= 15 is 0 Å². The van der Waals surface area contributed by atoms with Crippen molar-refractivity contribution >= 4 is 5.91 Å². The number of amides is 1. The van der Waals surface area contributed by atoms with Crippen LogP contribution in [0.3, 0.4) is 0 Å². The van der Waals surface area contributed by atoms with Crippen LogP contribution in [0.4, 0.5) is 0 Å². The topological polar surface area (TPSA) is 64.3 Å². The first-order valence-corrected chi connectivity index (χ1v) is 6.43. The molecule has 0 aromatic heterocycles. The van der Waals surface area contributed by atoms with E-state index in [9.17, 15) is 4.79 Å². The molecule has 0 aliphatic heterocycles. The van der Waals surface area contributed by atoms with Crippen molar-refractivity contribution in [3.05, 3.63) is 35.4 Å². The largest absolute Gasteiger partial charge is 0.382 e. The summed E-state index contributed by atoms with van der Waals surface area (Å²) in [6, 6.07) is 7.26. The fraction of sp³-hybridized carbons (Fsp3) is 0.400. The lowest BCUT2D eigenvalue weighted by molar-refractivity contribution is 0.0944. The van der Waals surface area contributed by atoms with Crippen molar-refractivity contribution < 1.29 is 9.53 Å². The quantitative estimate of drug-likeness (QED) is 0.596. The molecule has 0 heterocycles. The molecule has 1 aromatic rings. The molecule has 0 atom stereocenters. The Hall–Kier alpha value is -1.83. The minimum absolute atomic E-state index is 0.113.